The van der Waals surface area contributed by atoms with Crippen molar-refractivity contribution < 1.29 is 4.74 Å². The number of hydrogen-bond donors (Lipinski definition) is 0. The van der Waals surface area contributed by atoms with Gasteiger partial charge in [-0.3, -0.25) is 0 Å². The molecule has 0 N–H and O–H groups in total. The smallest absolute Gasteiger partial charge is 0.0892 e. The first kappa shape index (κ1) is 14.7. The Labute approximate surface area is 95.9 Å². The van der Waals surface area contributed by atoms with Crippen LogP contribution in [0.4, 0.5) is 0 Å². The molecule has 1 nitrogen and oxygen atoms in total. The van der Waals surface area contributed by atoms with E-state index in [1.165, 1.54) is 31.3 Å². The second-order valence-electron chi connectivity index (χ2n) is 5.07. The predicted octanol–water partition coefficient (Wildman–Crippen LogP) is 4.72. The van der Waals surface area contributed by atoms with Gasteiger partial charge in [0.25, 0.3) is 0 Å². The normalized spacial score (nSPS) is 21.3. The molecule has 1 fully saturated rings. The van der Waals surface area contributed by atoms with Gasteiger partial charge in [-0.25, -0.2) is 0 Å². The average Bonchev–Trinajstić information content (AvgIpc) is 2.72. The fraction of sp³-hybridized carbons (Fsp3) is 0.857. The summed E-state index contributed by atoms with van der Waals surface area (Å²) in [4.78, 5) is 0. The third-order valence-electron chi connectivity index (χ3n) is 2.56. The number of allylic oxidation sites excluding steroid dienone is 2. The monoisotopic (exact) mass is 212 g/mol. The molecule has 0 aliphatic carbocycles. The van der Waals surface area contributed by atoms with Crippen LogP contribution in [0.5, 0.6) is 0 Å². The van der Waals surface area contributed by atoms with Gasteiger partial charge in [0.05, 0.1) is 11.7 Å². The molecule has 1 heterocycles. The van der Waals surface area contributed by atoms with Crippen molar-refractivity contribution in [3.05, 3.63) is 11.6 Å². The van der Waals surface area contributed by atoms with E-state index in [0.29, 0.717) is 6.10 Å². The molecule has 0 spiro atoms. The van der Waals surface area contributed by atoms with Crippen LogP contribution >= 0.6 is 0 Å². The van der Waals surface area contributed by atoms with Gasteiger partial charge in [0.1, 0.15) is 0 Å². The fourth-order valence-electron chi connectivity index (χ4n) is 1.43. The molecule has 0 aromatic carbocycles. The highest BCUT2D eigenvalue weighted by atomic mass is 16.6. The van der Waals surface area contributed by atoms with Gasteiger partial charge in [0, 0.05) is 0 Å². The molecule has 1 rings (SSSR count). The van der Waals surface area contributed by atoms with Gasteiger partial charge in [-0.05, 0) is 40.5 Å². The second kappa shape index (κ2) is 7.05. The maximum Gasteiger partial charge on any atom is 0.0892 e. The zero-order valence-corrected chi connectivity index (χ0v) is 11.4. The lowest BCUT2D eigenvalue weighted by Gasteiger charge is -1.90. The van der Waals surface area contributed by atoms with Crippen LogP contribution < -0.4 is 0 Å². The second-order valence-corrected chi connectivity index (χ2v) is 5.07. The summed E-state index contributed by atoms with van der Waals surface area (Å²) in [5.74, 6) is 0. The van der Waals surface area contributed by atoms with E-state index in [0.717, 1.165) is 0 Å². The molecule has 1 aliphatic heterocycles. The number of unbranched alkanes of at least 4 members (excludes halogenated alkanes) is 1. The molecular formula is C14H28O. The van der Waals surface area contributed by atoms with E-state index in [1.807, 2.05) is 0 Å². The number of hydrogen-bond acceptors (Lipinski definition) is 1. The van der Waals surface area contributed by atoms with E-state index in [2.05, 4.69) is 47.6 Å². The van der Waals surface area contributed by atoms with Gasteiger partial charge in [0.15, 0.2) is 0 Å². The summed E-state index contributed by atoms with van der Waals surface area (Å²) >= 11 is 0. The van der Waals surface area contributed by atoms with Crippen molar-refractivity contribution in [1.82, 2.24) is 0 Å². The zero-order chi connectivity index (χ0) is 11.9. The summed E-state index contributed by atoms with van der Waals surface area (Å²) in [5.41, 5.74) is 1.65. The molecule has 90 valence electrons. The third-order valence-corrected chi connectivity index (χ3v) is 2.56. The summed E-state index contributed by atoms with van der Waals surface area (Å²) in [6.07, 6.45) is 7.81. The van der Waals surface area contributed by atoms with Crippen LogP contribution in [-0.4, -0.2) is 11.7 Å². The largest absolute Gasteiger partial charge is 0.367 e. The minimum Gasteiger partial charge on any atom is -0.367 e. The highest BCUT2D eigenvalue weighted by Crippen LogP contribution is 2.37. The number of epoxide rings is 1. The van der Waals surface area contributed by atoms with Crippen LogP contribution in [0, 0.1) is 0 Å². The van der Waals surface area contributed by atoms with Gasteiger partial charge >= 0.3 is 0 Å². The van der Waals surface area contributed by atoms with Crippen LogP contribution in [0.3, 0.4) is 0 Å². The van der Waals surface area contributed by atoms with E-state index >= 15 is 0 Å². The van der Waals surface area contributed by atoms with Gasteiger partial charge in [-0.15, -0.1) is 0 Å². The highest BCUT2D eigenvalue weighted by Gasteiger charge is 2.46. The number of ether oxygens (including phenoxy) is 1. The summed E-state index contributed by atoms with van der Waals surface area (Å²) in [7, 11) is 0. The zero-order valence-electron chi connectivity index (χ0n) is 11.4. The van der Waals surface area contributed by atoms with Crippen LogP contribution in [0.15, 0.2) is 11.6 Å². The summed E-state index contributed by atoms with van der Waals surface area (Å²) in [5, 5.41) is 0. The molecule has 1 heteroatoms. The lowest BCUT2D eigenvalue weighted by Crippen LogP contribution is -2.01. The van der Waals surface area contributed by atoms with Gasteiger partial charge in [-0.2, -0.15) is 0 Å². The minimum atomic E-state index is 0.218. The van der Waals surface area contributed by atoms with Gasteiger partial charge < -0.3 is 4.74 Å². The Morgan fingerprint density at radius 3 is 1.87 bits per heavy atom. The molecule has 15 heavy (non-hydrogen) atoms. The first-order valence-electron chi connectivity index (χ1n) is 6.25. The lowest BCUT2D eigenvalue weighted by atomic mass is 10.1. The van der Waals surface area contributed by atoms with Crippen molar-refractivity contribution in [2.24, 2.45) is 0 Å². The number of rotatable bonds is 4. The Morgan fingerprint density at radius 2 is 1.73 bits per heavy atom. The van der Waals surface area contributed by atoms with Crippen LogP contribution in [0.25, 0.3) is 0 Å². The molecule has 1 saturated heterocycles. The van der Waals surface area contributed by atoms with Gasteiger partial charge in [-0.1, -0.05) is 38.3 Å². The molecule has 1 unspecified atom stereocenters. The van der Waals surface area contributed by atoms with Crippen LogP contribution in [0.1, 0.15) is 67.2 Å². The average molecular weight is 212 g/mol. The maximum absolute atomic E-state index is 5.34. The molecule has 0 bridgehead atoms. The molecule has 0 aromatic rings. The maximum atomic E-state index is 5.34. The summed E-state index contributed by atoms with van der Waals surface area (Å²) < 4.78 is 5.34. The lowest BCUT2D eigenvalue weighted by molar-refractivity contribution is 0.319. The van der Waals surface area contributed by atoms with Crippen molar-refractivity contribution in [2.45, 2.75) is 78.9 Å². The Bertz CT molecular complexity index is 188. The summed E-state index contributed by atoms with van der Waals surface area (Å²) in [6.45, 7) is 12.9. The molecular weight excluding hydrogens is 184 g/mol. The SMILES string of the molecule is CCCC1OC1(C)C.CCCC=C(C)C. The quantitative estimate of drug-likeness (QED) is 0.485. The molecule has 0 amide bonds. The topological polar surface area (TPSA) is 12.5 Å². The van der Waals surface area contributed by atoms with Crippen molar-refractivity contribution in [2.75, 3.05) is 0 Å². The molecule has 0 radical (unpaired) electrons. The molecule has 1 atom stereocenters. The molecule has 0 aromatic heterocycles. The van der Waals surface area contributed by atoms with Crippen molar-refractivity contribution in [3.63, 3.8) is 0 Å². The first-order valence-corrected chi connectivity index (χ1v) is 6.25. The van der Waals surface area contributed by atoms with E-state index in [9.17, 15) is 0 Å². The standard InChI is InChI=1S/C7H14O.C7H14/c1-4-5-6-7(2,3)8-6;1-4-5-6-7(2)3/h6H,4-5H2,1-3H3;6H,4-5H2,1-3H3. The van der Waals surface area contributed by atoms with Crippen LogP contribution in [-0.2, 0) is 4.74 Å². The van der Waals surface area contributed by atoms with Crippen molar-refractivity contribution in [1.29, 1.82) is 0 Å². The predicted molar refractivity (Wildman–Crippen MR) is 68.2 cm³/mol. The fourth-order valence-corrected chi connectivity index (χ4v) is 1.43. The third kappa shape index (κ3) is 7.61. The Balaban J connectivity index is 0.000000265. The van der Waals surface area contributed by atoms with E-state index in [1.54, 1.807) is 0 Å². The first-order chi connectivity index (χ1) is 6.94. The van der Waals surface area contributed by atoms with Crippen molar-refractivity contribution >= 4 is 0 Å². The van der Waals surface area contributed by atoms with Crippen molar-refractivity contribution in [3.8, 4) is 0 Å². The molecule has 1 aliphatic rings. The van der Waals surface area contributed by atoms with E-state index in [4.69, 9.17) is 4.74 Å². The van der Waals surface area contributed by atoms with E-state index < -0.39 is 0 Å². The van der Waals surface area contributed by atoms with Crippen LogP contribution in [0.2, 0.25) is 0 Å². The Hall–Kier alpha value is -0.300. The highest BCUT2D eigenvalue weighted by molar-refractivity contribution is 4.94. The summed E-state index contributed by atoms with van der Waals surface area (Å²) in [6, 6.07) is 0. The Morgan fingerprint density at radius 1 is 1.20 bits per heavy atom. The minimum absolute atomic E-state index is 0.218. The van der Waals surface area contributed by atoms with Gasteiger partial charge in [0.2, 0.25) is 0 Å². The molecule has 0 saturated carbocycles. The van der Waals surface area contributed by atoms with E-state index in [-0.39, 0.29) is 5.60 Å². The Kier molecular flexibility index (Phi) is 6.91.